The second kappa shape index (κ2) is 13.8. The molecule has 3 saturated carbocycles. The molecule has 3 heteroatoms. The van der Waals surface area contributed by atoms with Crippen LogP contribution in [-0.2, 0) is 16.2 Å². The lowest BCUT2D eigenvalue weighted by molar-refractivity contribution is 0.133. The second-order valence-electron chi connectivity index (χ2n) is 24.4. The maximum Gasteiger partial charge on any atom is 0.0518 e. The van der Waals surface area contributed by atoms with E-state index in [4.69, 9.17) is 0 Å². The highest BCUT2D eigenvalue weighted by molar-refractivity contribution is 6.30. The average molecular weight is 944 g/mol. The molecule has 0 amide bonds. The van der Waals surface area contributed by atoms with Gasteiger partial charge in [-0.05, 0) is 221 Å². The molecule has 3 fully saturated rings. The normalized spacial score (nSPS) is 28.1. The number of hydrogen-bond acceptors (Lipinski definition) is 3. The van der Waals surface area contributed by atoms with Gasteiger partial charge in [0.15, 0.2) is 0 Å². The Hall–Kier alpha value is -7.36. The lowest BCUT2D eigenvalue weighted by atomic mass is 9.55. The maximum atomic E-state index is 2.66. The number of nitrogens with zero attached hydrogens (tertiary/aromatic N) is 3. The van der Waals surface area contributed by atoms with E-state index in [2.05, 4.69) is 244 Å². The Bertz CT molecular complexity index is 3850. The number of hydrogen-bond donors (Lipinski definition) is 0. The fourth-order valence-corrected chi connectivity index (χ4v) is 16.4. The number of benzene rings is 10. The van der Waals surface area contributed by atoms with Crippen molar-refractivity contribution in [2.45, 2.75) is 113 Å². The van der Waals surface area contributed by atoms with Crippen LogP contribution in [0.1, 0.15) is 96.8 Å². The molecule has 6 atom stereocenters. The van der Waals surface area contributed by atoms with Crippen LogP contribution in [0.25, 0.3) is 65.7 Å². The van der Waals surface area contributed by atoms with Crippen LogP contribution >= 0.6 is 0 Å². The van der Waals surface area contributed by atoms with E-state index < -0.39 is 0 Å². The first-order valence-electron chi connectivity index (χ1n) is 27.1. The fourth-order valence-electron chi connectivity index (χ4n) is 16.4. The summed E-state index contributed by atoms with van der Waals surface area (Å²) in [6.45, 7) is 15.1. The molecule has 16 rings (SSSR count). The number of anilines is 6. The summed E-state index contributed by atoms with van der Waals surface area (Å²) < 4.78 is 0. The van der Waals surface area contributed by atoms with Crippen molar-refractivity contribution in [1.29, 1.82) is 0 Å². The molecule has 3 nitrogen and oxygen atoms in total. The van der Waals surface area contributed by atoms with Gasteiger partial charge in [-0.25, -0.2) is 0 Å². The molecule has 0 bridgehead atoms. The van der Waals surface area contributed by atoms with E-state index in [1.807, 2.05) is 0 Å². The molecule has 0 radical (unpaired) electrons. The predicted molar refractivity (Wildman–Crippen MR) is 307 cm³/mol. The molecule has 10 aromatic carbocycles. The van der Waals surface area contributed by atoms with Gasteiger partial charge in [0.25, 0.3) is 0 Å². The molecular formula is C70H61N3. The molecule has 73 heavy (non-hydrogen) atoms. The lowest BCUT2D eigenvalue weighted by Gasteiger charge is -2.56. The van der Waals surface area contributed by atoms with Crippen molar-refractivity contribution in [2.75, 3.05) is 14.7 Å². The second-order valence-corrected chi connectivity index (χ2v) is 24.4. The molecule has 356 valence electrons. The van der Waals surface area contributed by atoms with Crippen molar-refractivity contribution in [3.63, 3.8) is 0 Å². The monoisotopic (exact) mass is 943 g/mol. The van der Waals surface area contributed by atoms with E-state index in [0.29, 0.717) is 0 Å². The molecule has 3 aliphatic heterocycles. The highest BCUT2D eigenvalue weighted by atomic mass is 15.3. The summed E-state index contributed by atoms with van der Waals surface area (Å²) in [7, 11) is 0. The topological polar surface area (TPSA) is 9.72 Å². The Morgan fingerprint density at radius 2 is 0.644 bits per heavy atom. The van der Waals surface area contributed by atoms with E-state index in [1.54, 1.807) is 0 Å². The summed E-state index contributed by atoms with van der Waals surface area (Å²) >= 11 is 0. The minimum Gasteiger partial charge on any atom is -0.334 e. The fraction of sp³-hybridized carbons (Fsp3) is 0.257. The number of para-hydroxylation sites is 3. The first-order valence-corrected chi connectivity index (χ1v) is 27.1. The highest BCUT2D eigenvalue weighted by Crippen LogP contribution is 2.68. The van der Waals surface area contributed by atoms with Crippen molar-refractivity contribution in [3.05, 3.63) is 205 Å². The van der Waals surface area contributed by atoms with Gasteiger partial charge in [0, 0.05) is 50.4 Å². The summed E-state index contributed by atoms with van der Waals surface area (Å²) in [6.07, 6.45) is 7.12. The van der Waals surface area contributed by atoms with Crippen LogP contribution in [0.15, 0.2) is 188 Å². The number of rotatable bonds is 6. The Labute approximate surface area is 430 Å². The van der Waals surface area contributed by atoms with Crippen molar-refractivity contribution >= 4 is 66.4 Å². The molecule has 0 saturated heterocycles. The molecule has 10 aromatic rings. The molecule has 6 unspecified atom stereocenters. The van der Waals surface area contributed by atoms with Gasteiger partial charge in [-0.15, -0.1) is 0 Å². The molecule has 0 aromatic heterocycles. The Balaban J connectivity index is 0.923. The van der Waals surface area contributed by atoms with E-state index in [1.165, 1.54) is 155 Å². The van der Waals surface area contributed by atoms with Gasteiger partial charge in [-0.2, -0.15) is 0 Å². The standard InChI is InChI=1S/C70H61N3/c1-65-34-37-68(65,4)71(48-16-10-7-11-17-48)60-31-24-45(40-57(60)65)51-27-22-44-23-28-53-55(46-25-32-61-58(41-46)66(2)35-38-69(66,5)72(61)49-18-12-8-13-19-49)43-56(54-30-29-52(51)63(44)64(53)54)47-26-33-62-59(42-47)67(3)36-39-70(67,6)73(62)50-20-14-9-15-21-50/h7-33,40-43H,34-39H2,1-6H3. The van der Waals surface area contributed by atoms with Gasteiger partial charge in [-0.3, -0.25) is 0 Å². The van der Waals surface area contributed by atoms with Crippen LogP contribution in [0, 0.1) is 0 Å². The minimum atomic E-state index is 0.0236. The summed E-state index contributed by atoms with van der Waals surface area (Å²) in [6, 6.07) is 72.8. The Kier molecular flexibility index (Phi) is 7.98. The minimum absolute atomic E-state index is 0.0236. The van der Waals surface area contributed by atoms with Crippen molar-refractivity contribution in [2.24, 2.45) is 0 Å². The van der Waals surface area contributed by atoms with Gasteiger partial charge in [0.05, 0.1) is 16.6 Å². The first kappa shape index (κ1) is 42.2. The summed E-state index contributed by atoms with van der Waals surface area (Å²) in [5.41, 5.74) is 20.5. The molecule has 0 spiro atoms. The molecular weight excluding hydrogens is 883 g/mol. The predicted octanol–water partition coefficient (Wildman–Crippen LogP) is 18.5. The van der Waals surface area contributed by atoms with Crippen LogP contribution in [-0.4, -0.2) is 16.6 Å². The molecule has 0 N–H and O–H groups in total. The average Bonchev–Trinajstić information content (AvgIpc) is 3.73. The summed E-state index contributed by atoms with van der Waals surface area (Å²) in [5.74, 6) is 0. The van der Waals surface area contributed by atoms with Crippen LogP contribution in [0.4, 0.5) is 34.1 Å². The van der Waals surface area contributed by atoms with Crippen LogP contribution in [0.5, 0.6) is 0 Å². The van der Waals surface area contributed by atoms with Crippen molar-refractivity contribution in [3.8, 4) is 33.4 Å². The van der Waals surface area contributed by atoms with Gasteiger partial charge in [0.2, 0.25) is 0 Å². The Morgan fingerprint density at radius 1 is 0.301 bits per heavy atom. The molecule has 3 heterocycles. The third-order valence-electron chi connectivity index (χ3n) is 21.6. The largest absolute Gasteiger partial charge is 0.334 e. The van der Waals surface area contributed by atoms with E-state index in [9.17, 15) is 0 Å². The first-order chi connectivity index (χ1) is 35.4. The van der Waals surface area contributed by atoms with Gasteiger partial charge in [-0.1, -0.05) is 130 Å². The lowest BCUT2D eigenvalue weighted by Crippen LogP contribution is -2.60. The van der Waals surface area contributed by atoms with Gasteiger partial charge in [0.1, 0.15) is 0 Å². The molecule has 6 aliphatic rings. The quantitative estimate of drug-likeness (QED) is 0.154. The Morgan fingerprint density at radius 3 is 1.01 bits per heavy atom. The zero-order valence-electron chi connectivity index (χ0n) is 43.0. The third-order valence-corrected chi connectivity index (χ3v) is 21.6. The third kappa shape index (κ3) is 4.94. The van der Waals surface area contributed by atoms with Crippen LogP contribution in [0.3, 0.4) is 0 Å². The van der Waals surface area contributed by atoms with E-state index in [-0.39, 0.29) is 32.9 Å². The number of fused-ring (bicyclic) bond motifs is 9. The zero-order valence-corrected chi connectivity index (χ0v) is 43.0. The smallest absolute Gasteiger partial charge is 0.0518 e. The summed E-state index contributed by atoms with van der Waals surface area (Å²) in [5, 5.41) is 8.02. The van der Waals surface area contributed by atoms with Gasteiger partial charge < -0.3 is 14.7 Å². The SMILES string of the molecule is CC12CCC1(C)N(c1ccccc1)c1ccc(-c3ccc4ccc5c(-c6ccc7c(c6)C6(C)CCC6(C)N7c6ccccc6)cc(-c6ccc7c(c6)C6(C)CCC6(C)N7c6ccccc6)c6ccc3c4c56)cc12. The van der Waals surface area contributed by atoms with Crippen molar-refractivity contribution in [1.82, 2.24) is 0 Å². The zero-order chi connectivity index (χ0) is 49.0. The maximum absolute atomic E-state index is 2.66. The molecule has 3 aliphatic carbocycles. The van der Waals surface area contributed by atoms with Crippen molar-refractivity contribution < 1.29 is 0 Å². The van der Waals surface area contributed by atoms with E-state index in [0.717, 1.165) is 0 Å². The van der Waals surface area contributed by atoms with Gasteiger partial charge >= 0.3 is 0 Å². The summed E-state index contributed by atoms with van der Waals surface area (Å²) in [4.78, 5) is 7.97. The van der Waals surface area contributed by atoms with Crippen LogP contribution < -0.4 is 14.7 Å². The highest BCUT2D eigenvalue weighted by Gasteiger charge is 2.65. The van der Waals surface area contributed by atoms with E-state index >= 15 is 0 Å². The van der Waals surface area contributed by atoms with Crippen LogP contribution in [0.2, 0.25) is 0 Å².